The molecule has 1 saturated heterocycles. The molecule has 0 bridgehead atoms. The standard InChI is InChI=1S/C18H28N2O3S/c1-3-8-17(15-9-6-5-7-10-15)19-18(21)16-11-13-20(14-12-16)24(22,23)4-2/h5-7,9-10,16-17H,3-4,8,11-14H2,1-2H3,(H,19,21)/t17-/m1/s1. The number of benzene rings is 1. The maximum Gasteiger partial charge on any atom is 0.223 e. The van der Waals surface area contributed by atoms with Gasteiger partial charge in [0.25, 0.3) is 0 Å². The van der Waals surface area contributed by atoms with Crippen molar-refractivity contribution in [2.24, 2.45) is 5.92 Å². The van der Waals surface area contributed by atoms with Crippen LogP contribution in [0.3, 0.4) is 0 Å². The SMILES string of the molecule is CCC[C@@H](NC(=O)C1CCN(S(=O)(=O)CC)CC1)c1ccccc1. The minimum absolute atomic E-state index is 0.0288. The smallest absolute Gasteiger partial charge is 0.223 e. The first-order chi connectivity index (χ1) is 11.5. The molecule has 134 valence electrons. The first-order valence-electron chi connectivity index (χ1n) is 8.81. The highest BCUT2D eigenvalue weighted by Gasteiger charge is 2.30. The van der Waals surface area contributed by atoms with Crippen LogP contribution in [0.4, 0.5) is 0 Å². The summed E-state index contributed by atoms with van der Waals surface area (Å²) >= 11 is 0. The van der Waals surface area contributed by atoms with Crippen LogP contribution in [0.1, 0.15) is 51.1 Å². The average Bonchev–Trinajstić information content (AvgIpc) is 2.62. The van der Waals surface area contributed by atoms with E-state index in [4.69, 9.17) is 0 Å². The van der Waals surface area contributed by atoms with E-state index in [1.807, 2.05) is 30.3 Å². The lowest BCUT2D eigenvalue weighted by atomic mass is 9.95. The van der Waals surface area contributed by atoms with Crippen molar-refractivity contribution in [1.82, 2.24) is 9.62 Å². The van der Waals surface area contributed by atoms with E-state index in [1.54, 1.807) is 6.92 Å². The third kappa shape index (κ3) is 4.80. The zero-order chi connectivity index (χ0) is 17.6. The highest BCUT2D eigenvalue weighted by molar-refractivity contribution is 7.89. The van der Waals surface area contributed by atoms with E-state index in [9.17, 15) is 13.2 Å². The van der Waals surface area contributed by atoms with E-state index in [1.165, 1.54) is 4.31 Å². The lowest BCUT2D eigenvalue weighted by Gasteiger charge is -2.31. The molecule has 1 fully saturated rings. The van der Waals surface area contributed by atoms with Crippen LogP contribution < -0.4 is 5.32 Å². The van der Waals surface area contributed by atoms with E-state index < -0.39 is 10.0 Å². The molecule has 1 aliphatic heterocycles. The van der Waals surface area contributed by atoms with Crippen LogP contribution in [-0.2, 0) is 14.8 Å². The molecular weight excluding hydrogens is 324 g/mol. The highest BCUT2D eigenvalue weighted by Crippen LogP contribution is 2.23. The summed E-state index contributed by atoms with van der Waals surface area (Å²) in [7, 11) is -3.14. The Bertz CT molecular complexity index is 623. The molecular formula is C18H28N2O3S. The number of nitrogens with zero attached hydrogens (tertiary/aromatic N) is 1. The molecule has 0 radical (unpaired) electrons. The van der Waals surface area contributed by atoms with Crippen molar-refractivity contribution in [3.05, 3.63) is 35.9 Å². The number of carbonyl (C=O) groups excluding carboxylic acids is 1. The summed E-state index contributed by atoms with van der Waals surface area (Å²) in [6, 6.07) is 10.0. The molecule has 0 aliphatic carbocycles. The molecule has 1 atom stereocenters. The molecule has 0 saturated carbocycles. The molecule has 1 amide bonds. The van der Waals surface area contributed by atoms with Crippen molar-refractivity contribution in [1.29, 1.82) is 0 Å². The predicted octanol–water partition coefficient (Wildman–Crippen LogP) is 2.71. The summed E-state index contributed by atoms with van der Waals surface area (Å²) in [5, 5.41) is 3.16. The Morgan fingerprint density at radius 1 is 1.21 bits per heavy atom. The van der Waals surface area contributed by atoms with Crippen molar-refractivity contribution in [3.63, 3.8) is 0 Å². The zero-order valence-electron chi connectivity index (χ0n) is 14.6. The van der Waals surface area contributed by atoms with Crippen LogP contribution in [-0.4, -0.2) is 37.5 Å². The average molecular weight is 353 g/mol. The monoisotopic (exact) mass is 352 g/mol. The maximum atomic E-state index is 12.6. The van der Waals surface area contributed by atoms with Gasteiger partial charge in [-0.05, 0) is 31.7 Å². The summed E-state index contributed by atoms with van der Waals surface area (Å²) in [6.45, 7) is 4.65. The molecule has 1 aromatic carbocycles. The molecule has 5 nitrogen and oxygen atoms in total. The minimum atomic E-state index is -3.14. The summed E-state index contributed by atoms with van der Waals surface area (Å²) in [5.74, 6) is 0.0680. The van der Waals surface area contributed by atoms with Gasteiger partial charge < -0.3 is 5.32 Å². The van der Waals surface area contributed by atoms with Crippen LogP contribution in [0.15, 0.2) is 30.3 Å². The lowest BCUT2D eigenvalue weighted by molar-refractivity contribution is -0.127. The normalized spacial score (nSPS) is 18.2. The molecule has 2 rings (SSSR count). The highest BCUT2D eigenvalue weighted by atomic mass is 32.2. The summed E-state index contributed by atoms with van der Waals surface area (Å²) in [4.78, 5) is 12.6. The van der Waals surface area contributed by atoms with E-state index in [-0.39, 0.29) is 23.6 Å². The first-order valence-corrected chi connectivity index (χ1v) is 10.4. The van der Waals surface area contributed by atoms with Gasteiger partial charge >= 0.3 is 0 Å². The van der Waals surface area contributed by atoms with Crippen molar-refractivity contribution in [2.45, 2.75) is 45.6 Å². The van der Waals surface area contributed by atoms with Gasteiger partial charge in [-0.25, -0.2) is 12.7 Å². The number of carbonyl (C=O) groups is 1. The number of hydrogen-bond acceptors (Lipinski definition) is 3. The molecule has 0 aromatic heterocycles. The van der Waals surface area contributed by atoms with E-state index >= 15 is 0 Å². The largest absolute Gasteiger partial charge is 0.349 e. The van der Waals surface area contributed by atoms with Crippen molar-refractivity contribution in [2.75, 3.05) is 18.8 Å². The lowest BCUT2D eigenvalue weighted by Crippen LogP contribution is -2.44. The van der Waals surface area contributed by atoms with E-state index in [0.717, 1.165) is 18.4 Å². The van der Waals surface area contributed by atoms with Gasteiger partial charge in [0.15, 0.2) is 0 Å². The Morgan fingerprint density at radius 3 is 2.38 bits per heavy atom. The van der Waals surface area contributed by atoms with Crippen LogP contribution in [0.5, 0.6) is 0 Å². The van der Waals surface area contributed by atoms with Gasteiger partial charge in [-0.2, -0.15) is 0 Å². The Balaban J connectivity index is 1.95. The number of amides is 1. The van der Waals surface area contributed by atoms with Gasteiger partial charge in [0.1, 0.15) is 0 Å². The van der Waals surface area contributed by atoms with Gasteiger partial charge in [-0.3, -0.25) is 4.79 Å². The Labute approximate surface area is 145 Å². The molecule has 1 aliphatic rings. The van der Waals surface area contributed by atoms with Gasteiger partial charge in [0.2, 0.25) is 15.9 Å². The molecule has 24 heavy (non-hydrogen) atoms. The number of piperidine rings is 1. The molecule has 0 spiro atoms. The fraction of sp³-hybridized carbons (Fsp3) is 0.611. The maximum absolute atomic E-state index is 12.6. The third-order valence-corrected chi connectivity index (χ3v) is 6.56. The van der Waals surface area contributed by atoms with E-state index in [2.05, 4.69) is 12.2 Å². The second-order valence-corrected chi connectivity index (χ2v) is 8.59. The van der Waals surface area contributed by atoms with Crippen LogP contribution in [0.2, 0.25) is 0 Å². The summed E-state index contributed by atoms with van der Waals surface area (Å²) in [5.41, 5.74) is 1.12. The molecule has 1 aromatic rings. The number of hydrogen-bond donors (Lipinski definition) is 1. The molecule has 1 heterocycles. The number of sulfonamides is 1. The van der Waals surface area contributed by atoms with Crippen molar-refractivity contribution >= 4 is 15.9 Å². The minimum Gasteiger partial charge on any atom is -0.349 e. The van der Waals surface area contributed by atoms with Gasteiger partial charge in [0.05, 0.1) is 11.8 Å². The van der Waals surface area contributed by atoms with Gasteiger partial charge in [-0.1, -0.05) is 43.7 Å². The van der Waals surface area contributed by atoms with Gasteiger partial charge in [-0.15, -0.1) is 0 Å². The molecule has 1 N–H and O–H groups in total. The van der Waals surface area contributed by atoms with Crippen LogP contribution in [0, 0.1) is 5.92 Å². The van der Waals surface area contributed by atoms with Crippen molar-refractivity contribution < 1.29 is 13.2 Å². The second kappa shape index (κ2) is 8.62. The second-order valence-electron chi connectivity index (χ2n) is 6.33. The van der Waals surface area contributed by atoms with E-state index in [0.29, 0.717) is 25.9 Å². The summed E-state index contributed by atoms with van der Waals surface area (Å²) in [6.07, 6.45) is 3.09. The third-order valence-electron chi connectivity index (χ3n) is 4.68. The fourth-order valence-corrected chi connectivity index (χ4v) is 4.30. The fourth-order valence-electron chi connectivity index (χ4n) is 3.16. The Morgan fingerprint density at radius 2 is 1.83 bits per heavy atom. The number of nitrogens with one attached hydrogen (secondary N) is 1. The molecule has 6 heteroatoms. The Hall–Kier alpha value is -1.40. The summed E-state index contributed by atoms with van der Waals surface area (Å²) < 4.78 is 25.3. The van der Waals surface area contributed by atoms with Crippen LogP contribution >= 0.6 is 0 Å². The van der Waals surface area contributed by atoms with Crippen molar-refractivity contribution in [3.8, 4) is 0 Å². The zero-order valence-corrected chi connectivity index (χ0v) is 15.4. The number of rotatable bonds is 7. The topological polar surface area (TPSA) is 66.5 Å². The van der Waals surface area contributed by atoms with Crippen LogP contribution in [0.25, 0.3) is 0 Å². The Kier molecular flexibility index (Phi) is 6.80. The quantitative estimate of drug-likeness (QED) is 0.820. The first kappa shape index (κ1) is 18.9. The predicted molar refractivity (Wildman–Crippen MR) is 96.0 cm³/mol. The molecule has 0 unspecified atom stereocenters. The van der Waals surface area contributed by atoms with Gasteiger partial charge in [0, 0.05) is 19.0 Å².